The van der Waals surface area contributed by atoms with Crippen LogP contribution in [0.15, 0.2) is 42.5 Å². The summed E-state index contributed by atoms with van der Waals surface area (Å²) in [4.78, 5) is 40.6. The molecule has 1 fully saturated rings. The number of carboxylic acid groups (broad SMARTS) is 1. The van der Waals surface area contributed by atoms with Gasteiger partial charge in [-0.1, -0.05) is 31.5 Å². The molecule has 4 rings (SSSR count). The van der Waals surface area contributed by atoms with Gasteiger partial charge in [-0.25, -0.2) is 9.37 Å². The first-order valence-corrected chi connectivity index (χ1v) is 17.1. The monoisotopic (exact) mass is 697 g/mol. The fourth-order valence-electron chi connectivity index (χ4n) is 5.86. The summed E-state index contributed by atoms with van der Waals surface area (Å²) >= 11 is 6.09. The zero-order chi connectivity index (χ0) is 36.8. The van der Waals surface area contributed by atoms with Crippen LogP contribution in [0.4, 0.5) is 10.2 Å². The van der Waals surface area contributed by atoms with Crippen LogP contribution in [-0.4, -0.2) is 79.5 Å². The highest BCUT2D eigenvalue weighted by Crippen LogP contribution is 2.34. The Hall–Kier alpha value is -3.86. The number of carbonyl (C=O) groups excluding carboxylic acids is 2. The molecule has 0 bridgehead atoms. The van der Waals surface area contributed by atoms with Crippen LogP contribution in [-0.2, 0) is 9.59 Å². The molecule has 3 aromatic rings. The van der Waals surface area contributed by atoms with Gasteiger partial charge in [-0.2, -0.15) is 0 Å². The lowest BCUT2D eigenvalue weighted by atomic mass is 9.90. The van der Waals surface area contributed by atoms with E-state index in [9.17, 15) is 14.0 Å². The highest BCUT2D eigenvalue weighted by atomic mass is 35.5. The zero-order valence-corrected chi connectivity index (χ0v) is 31.0. The number of anilines is 1. The number of aryl methyl sites for hydroxylation is 3. The van der Waals surface area contributed by atoms with Crippen molar-refractivity contribution in [1.82, 2.24) is 20.5 Å². The second-order valence-electron chi connectivity index (χ2n) is 13.0. The number of pyridine rings is 1. The van der Waals surface area contributed by atoms with Crippen LogP contribution < -0.4 is 15.5 Å². The number of carbonyl (C=O) groups is 3. The summed E-state index contributed by atoms with van der Waals surface area (Å²) in [5, 5.41) is 15.6. The van der Waals surface area contributed by atoms with Crippen molar-refractivity contribution in [3.63, 3.8) is 0 Å². The maximum absolute atomic E-state index is 14.6. The highest BCUT2D eigenvalue weighted by Gasteiger charge is 2.22. The minimum Gasteiger partial charge on any atom is -0.481 e. The quantitative estimate of drug-likeness (QED) is 0.196. The molecule has 0 radical (unpaired) electrons. The second kappa shape index (κ2) is 20.0. The van der Waals surface area contributed by atoms with Crippen molar-refractivity contribution in [3.05, 3.63) is 81.3 Å². The topological polar surface area (TPSA) is 115 Å². The largest absolute Gasteiger partial charge is 0.481 e. The Balaban J connectivity index is 0.000000324. The molecule has 0 unspecified atom stereocenters. The molecule has 0 aliphatic carbocycles. The van der Waals surface area contributed by atoms with Gasteiger partial charge in [-0.3, -0.25) is 14.5 Å². The predicted octanol–water partition coefficient (Wildman–Crippen LogP) is 7.01. The lowest BCUT2D eigenvalue weighted by Gasteiger charge is -2.37. The first-order chi connectivity index (χ1) is 23.2. The molecule has 1 aliphatic rings. The SMILES string of the molecule is C=O.CC(C)CCNC(=O)c1cccc(N2CCN(C(C)C)CC2)n1.CN[C@@H](CC(=O)O)c1cc(-c2c(C)cc(Cl)cc2C)cc(C)c1F. The number of aliphatic carboxylic acids is 1. The first-order valence-electron chi connectivity index (χ1n) is 16.7. The minimum absolute atomic E-state index is 0.0756. The third kappa shape index (κ3) is 12.2. The van der Waals surface area contributed by atoms with Crippen molar-refractivity contribution >= 4 is 36.1 Å². The minimum atomic E-state index is -0.976. The van der Waals surface area contributed by atoms with Gasteiger partial charge in [-0.05, 0) is 118 Å². The number of halogens is 2. The molecule has 49 heavy (non-hydrogen) atoms. The van der Waals surface area contributed by atoms with E-state index >= 15 is 0 Å². The molecule has 1 amide bonds. The molecule has 3 N–H and O–H groups in total. The fraction of sp³-hybridized carbons (Fsp3) is 0.474. The van der Waals surface area contributed by atoms with Crippen molar-refractivity contribution in [3.8, 4) is 11.1 Å². The molecule has 1 aliphatic heterocycles. The van der Waals surface area contributed by atoms with Crippen molar-refractivity contribution < 1.29 is 23.9 Å². The van der Waals surface area contributed by atoms with Gasteiger partial charge >= 0.3 is 5.97 Å². The molecule has 0 saturated carbocycles. The van der Waals surface area contributed by atoms with E-state index in [1.807, 2.05) is 44.9 Å². The third-order valence-corrected chi connectivity index (χ3v) is 8.73. The number of piperazine rings is 1. The van der Waals surface area contributed by atoms with E-state index in [4.69, 9.17) is 21.5 Å². The van der Waals surface area contributed by atoms with Crippen LogP contribution in [0.3, 0.4) is 0 Å². The van der Waals surface area contributed by atoms with Gasteiger partial charge in [0.25, 0.3) is 5.91 Å². The number of hydrogen-bond acceptors (Lipinski definition) is 7. The van der Waals surface area contributed by atoms with Gasteiger partial charge in [0.2, 0.25) is 0 Å². The van der Waals surface area contributed by atoms with Crippen LogP contribution >= 0.6 is 11.6 Å². The number of amides is 1. The van der Waals surface area contributed by atoms with Crippen molar-refractivity contribution in [2.75, 3.05) is 44.7 Å². The number of rotatable bonds is 11. The van der Waals surface area contributed by atoms with Crippen LogP contribution in [0, 0.1) is 32.5 Å². The van der Waals surface area contributed by atoms with E-state index < -0.39 is 12.0 Å². The number of carboxylic acids is 1. The van der Waals surface area contributed by atoms with Gasteiger partial charge in [-0.15, -0.1) is 0 Å². The average Bonchev–Trinajstić information content (AvgIpc) is 3.05. The molecule has 11 heteroatoms. The first kappa shape index (κ1) is 41.3. The molecule has 1 saturated heterocycles. The van der Waals surface area contributed by atoms with Crippen LogP contribution in [0.1, 0.15) is 79.3 Å². The highest BCUT2D eigenvalue weighted by molar-refractivity contribution is 6.30. The lowest BCUT2D eigenvalue weighted by Crippen LogP contribution is -2.49. The summed E-state index contributed by atoms with van der Waals surface area (Å²) in [6, 6.07) is 13.0. The van der Waals surface area contributed by atoms with Crippen molar-refractivity contribution in [2.24, 2.45) is 5.92 Å². The van der Waals surface area contributed by atoms with Crippen molar-refractivity contribution in [2.45, 2.75) is 73.4 Å². The molecular weight excluding hydrogens is 645 g/mol. The Labute approximate surface area is 296 Å². The number of aromatic nitrogens is 1. The van der Waals surface area contributed by atoms with Crippen LogP contribution in [0.2, 0.25) is 5.02 Å². The smallest absolute Gasteiger partial charge is 0.305 e. The molecule has 268 valence electrons. The Kier molecular flexibility index (Phi) is 16.8. The van der Waals surface area contributed by atoms with Gasteiger partial charge in [0, 0.05) is 55.4 Å². The number of nitrogens with one attached hydrogen (secondary N) is 2. The van der Waals surface area contributed by atoms with E-state index in [2.05, 4.69) is 53.1 Å². The summed E-state index contributed by atoms with van der Waals surface area (Å²) in [5.41, 5.74) is 5.21. The molecule has 2 aromatic carbocycles. The second-order valence-corrected chi connectivity index (χ2v) is 13.4. The third-order valence-electron chi connectivity index (χ3n) is 8.51. The Morgan fingerprint density at radius 3 is 2.12 bits per heavy atom. The maximum atomic E-state index is 14.6. The lowest BCUT2D eigenvalue weighted by molar-refractivity contribution is -0.137. The Bertz CT molecular complexity index is 1520. The fourth-order valence-corrected chi connectivity index (χ4v) is 6.19. The van der Waals surface area contributed by atoms with E-state index in [0.717, 1.165) is 60.7 Å². The van der Waals surface area contributed by atoms with Gasteiger partial charge in [0.15, 0.2) is 0 Å². The maximum Gasteiger partial charge on any atom is 0.305 e. The Morgan fingerprint density at radius 2 is 1.59 bits per heavy atom. The summed E-state index contributed by atoms with van der Waals surface area (Å²) in [6.07, 6.45) is 0.803. The summed E-state index contributed by atoms with van der Waals surface area (Å²) in [7, 11) is 1.63. The standard InChI is InChI=1S/C19H21ClFNO2.C18H30N4O.CH2O/c1-10-6-14(20)7-11(2)18(10)13-5-12(3)19(21)15(8-13)16(22-4)9-17(23)24;1-14(2)8-9-19-18(23)16-6-5-7-17(20-16)22-12-10-21(11-13-22)15(3)4;1-2/h5-8,16,22H,9H2,1-4H3,(H,23,24);5-7,14-15H,8-13H2,1-4H3,(H,19,23);1H2/t16-;;/m0../s1. The molecule has 1 atom stereocenters. The van der Waals surface area contributed by atoms with Gasteiger partial charge in [0.1, 0.15) is 24.1 Å². The number of nitrogens with zero attached hydrogens (tertiary/aromatic N) is 3. The van der Waals surface area contributed by atoms with Crippen LogP contribution in [0.25, 0.3) is 11.1 Å². The molecule has 1 aromatic heterocycles. The zero-order valence-electron chi connectivity index (χ0n) is 30.2. The number of hydrogen-bond donors (Lipinski definition) is 3. The van der Waals surface area contributed by atoms with E-state index in [1.165, 1.54) is 0 Å². The predicted molar refractivity (Wildman–Crippen MR) is 197 cm³/mol. The van der Waals surface area contributed by atoms with Crippen LogP contribution in [0.5, 0.6) is 0 Å². The molecular formula is C38H53ClFN5O4. The van der Waals surface area contributed by atoms with Crippen molar-refractivity contribution in [1.29, 1.82) is 0 Å². The van der Waals surface area contributed by atoms with E-state index in [-0.39, 0.29) is 18.1 Å². The summed E-state index contributed by atoms with van der Waals surface area (Å²) in [5.74, 6) is 0.0735. The van der Waals surface area contributed by atoms with E-state index in [0.29, 0.717) is 40.3 Å². The van der Waals surface area contributed by atoms with Gasteiger partial charge in [0.05, 0.1) is 6.42 Å². The van der Waals surface area contributed by atoms with E-state index in [1.54, 1.807) is 32.2 Å². The molecule has 2 heterocycles. The summed E-state index contributed by atoms with van der Waals surface area (Å²) < 4.78 is 14.6. The average molecular weight is 698 g/mol. The summed E-state index contributed by atoms with van der Waals surface area (Å²) in [6.45, 7) is 21.1. The normalized spacial score (nSPS) is 13.7. The van der Waals surface area contributed by atoms with Gasteiger partial charge < -0.3 is 25.4 Å². The molecule has 9 nitrogen and oxygen atoms in total. The number of benzene rings is 2. The Morgan fingerprint density at radius 1 is 0.980 bits per heavy atom. The molecule has 0 spiro atoms.